The van der Waals surface area contributed by atoms with E-state index in [-0.39, 0.29) is 5.54 Å². The second-order valence-corrected chi connectivity index (χ2v) is 8.59. The van der Waals surface area contributed by atoms with E-state index in [1.54, 1.807) is 0 Å². The second-order valence-electron chi connectivity index (χ2n) is 8.59. The highest BCUT2D eigenvalue weighted by molar-refractivity contribution is 5.26. The zero-order valence-corrected chi connectivity index (χ0v) is 16.2. The lowest BCUT2D eigenvalue weighted by molar-refractivity contribution is -0.0561. The van der Waals surface area contributed by atoms with Gasteiger partial charge in [-0.1, -0.05) is 50.6 Å². The molecule has 1 saturated heterocycles. The van der Waals surface area contributed by atoms with Crippen molar-refractivity contribution < 1.29 is 0 Å². The van der Waals surface area contributed by atoms with Gasteiger partial charge < -0.3 is 0 Å². The molecule has 24 heavy (non-hydrogen) atoms. The van der Waals surface area contributed by atoms with E-state index >= 15 is 0 Å². The van der Waals surface area contributed by atoms with E-state index in [0.29, 0.717) is 6.17 Å². The molecular formula is C22H36N2. The lowest BCUT2D eigenvalue weighted by Crippen LogP contribution is -2.57. The fourth-order valence-corrected chi connectivity index (χ4v) is 5.46. The average Bonchev–Trinajstić information content (AvgIpc) is 2.61. The molecular weight excluding hydrogens is 292 g/mol. The van der Waals surface area contributed by atoms with Crippen LogP contribution in [0.15, 0.2) is 30.3 Å². The summed E-state index contributed by atoms with van der Waals surface area (Å²) in [6.45, 7) is 9.86. The number of rotatable bonds is 4. The molecule has 1 saturated carbocycles. The van der Waals surface area contributed by atoms with Crippen molar-refractivity contribution in [2.45, 2.75) is 71.0 Å². The van der Waals surface area contributed by atoms with Crippen molar-refractivity contribution >= 4 is 0 Å². The molecule has 1 heterocycles. The first-order chi connectivity index (χ1) is 11.5. The molecule has 2 nitrogen and oxygen atoms in total. The van der Waals surface area contributed by atoms with Crippen LogP contribution in [0.3, 0.4) is 0 Å². The Hall–Kier alpha value is -0.860. The Morgan fingerprint density at radius 1 is 1.00 bits per heavy atom. The van der Waals surface area contributed by atoms with Gasteiger partial charge in [-0.25, -0.2) is 0 Å². The number of benzene rings is 1. The molecule has 0 N–H and O–H groups in total. The standard InChI is InChI=1S/C22H36N2/c1-18-15-19(2)17-22(16-18,21-11-7-5-8-12-21)23(4)20(3)24-13-9-6-10-14-24/h5,7-8,11-12,18-20H,6,9-10,13-17H2,1-4H3. The third-order valence-corrected chi connectivity index (χ3v) is 6.64. The first-order valence-corrected chi connectivity index (χ1v) is 10.1. The van der Waals surface area contributed by atoms with E-state index in [2.05, 4.69) is 68.0 Å². The SMILES string of the molecule is CC1CC(C)CC(c2ccccc2)(N(C)C(C)N2CCCCC2)C1. The summed E-state index contributed by atoms with van der Waals surface area (Å²) in [5, 5.41) is 0. The summed E-state index contributed by atoms with van der Waals surface area (Å²) in [6, 6.07) is 11.3. The molecule has 1 aliphatic heterocycles. The van der Waals surface area contributed by atoms with Crippen molar-refractivity contribution in [3.8, 4) is 0 Å². The van der Waals surface area contributed by atoms with Crippen LogP contribution in [0.4, 0.5) is 0 Å². The molecule has 0 bridgehead atoms. The summed E-state index contributed by atoms with van der Waals surface area (Å²) in [6.07, 6.45) is 8.60. The molecule has 2 heteroatoms. The Balaban J connectivity index is 1.91. The van der Waals surface area contributed by atoms with Gasteiger partial charge in [0.15, 0.2) is 0 Å². The molecule has 3 unspecified atom stereocenters. The summed E-state index contributed by atoms with van der Waals surface area (Å²) in [5.41, 5.74) is 1.71. The van der Waals surface area contributed by atoms with Crippen LogP contribution in [-0.4, -0.2) is 36.1 Å². The molecule has 0 aromatic heterocycles. The van der Waals surface area contributed by atoms with Crippen LogP contribution >= 0.6 is 0 Å². The molecule has 1 aliphatic carbocycles. The first-order valence-electron chi connectivity index (χ1n) is 10.1. The normalized spacial score (nSPS) is 33.5. The maximum Gasteiger partial charge on any atom is 0.0598 e. The van der Waals surface area contributed by atoms with Crippen molar-refractivity contribution in [1.82, 2.24) is 9.80 Å². The minimum atomic E-state index is 0.190. The highest BCUT2D eigenvalue weighted by atomic mass is 15.4. The third kappa shape index (κ3) is 3.55. The van der Waals surface area contributed by atoms with Gasteiger partial charge in [-0.05, 0) is 76.6 Å². The summed E-state index contributed by atoms with van der Waals surface area (Å²) in [5.74, 6) is 1.59. The van der Waals surface area contributed by atoms with Crippen molar-refractivity contribution in [1.29, 1.82) is 0 Å². The zero-order chi connectivity index (χ0) is 17.2. The van der Waals surface area contributed by atoms with Crippen LogP contribution in [0, 0.1) is 11.8 Å². The van der Waals surface area contributed by atoms with E-state index in [0.717, 1.165) is 11.8 Å². The smallest absolute Gasteiger partial charge is 0.0598 e. The molecule has 0 radical (unpaired) electrons. The van der Waals surface area contributed by atoms with Gasteiger partial charge in [-0.2, -0.15) is 0 Å². The number of nitrogens with zero attached hydrogens (tertiary/aromatic N) is 2. The predicted octanol–water partition coefficient (Wildman–Crippen LogP) is 5.10. The summed E-state index contributed by atoms with van der Waals surface area (Å²) >= 11 is 0. The van der Waals surface area contributed by atoms with Gasteiger partial charge in [-0.15, -0.1) is 0 Å². The molecule has 2 fully saturated rings. The summed E-state index contributed by atoms with van der Waals surface area (Å²) in [4.78, 5) is 5.43. The Morgan fingerprint density at radius 3 is 2.17 bits per heavy atom. The average molecular weight is 329 g/mol. The van der Waals surface area contributed by atoms with Gasteiger partial charge in [0.1, 0.15) is 0 Å². The largest absolute Gasteiger partial charge is 0.288 e. The van der Waals surface area contributed by atoms with E-state index in [1.165, 1.54) is 57.2 Å². The second kappa shape index (κ2) is 7.58. The van der Waals surface area contributed by atoms with E-state index in [1.807, 2.05) is 0 Å². The van der Waals surface area contributed by atoms with Gasteiger partial charge in [0.2, 0.25) is 0 Å². The van der Waals surface area contributed by atoms with Gasteiger partial charge >= 0.3 is 0 Å². The number of piperidine rings is 1. The number of hydrogen-bond acceptors (Lipinski definition) is 2. The highest BCUT2D eigenvalue weighted by Gasteiger charge is 2.44. The lowest BCUT2D eigenvalue weighted by atomic mass is 9.67. The van der Waals surface area contributed by atoms with E-state index in [4.69, 9.17) is 0 Å². The number of likely N-dealkylation sites (tertiary alicyclic amines) is 1. The quantitative estimate of drug-likeness (QED) is 0.758. The molecule has 3 rings (SSSR count). The lowest BCUT2D eigenvalue weighted by Gasteiger charge is -2.53. The molecule has 0 spiro atoms. The molecule has 3 atom stereocenters. The summed E-state index contributed by atoms with van der Waals surface area (Å²) < 4.78 is 0. The Bertz CT molecular complexity index is 496. The minimum absolute atomic E-state index is 0.190. The molecule has 1 aromatic rings. The number of hydrogen-bond donors (Lipinski definition) is 0. The zero-order valence-electron chi connectivity index (χ0n) is 16.2. The van der Waals surface area contributed by atoms with Crippen LogP contribution in [0.1, 0.15) is 64.9 Å². The van der Waals surface area contributed by atoms with Crippen LogP contribution < -0.4 is 0 Å². The Kier molecular flexibility index (Phi) is 5.66. The van der Waals surface area contributed by atoms with Crippen LogP contribution in [0.5, 0.6) is 0 Å². The van der Waals surface area contributed by atoms with Crippen LogP contribution in [0.25, 0.3) is 0 Å². The first kappa shape index (κ1) is 17.9. The van der Waals surface area contributed by atoms with Gasteiger partial charge in [0.05, 0.1) is 6.17 Å². The van der Waals surface area contributed by atoms with Crippen LogP contribution in [-0.2, 0) is 5.54 Å². The third-order valence-electron chi connectivity index (χ3n) is 6.64. The Labute approximate surface area is 149 Å². The fraction of sp³-hybridized carbons (Fsp3) is 0.727. The predicted molar refractivity (Wildman–Crippen MR) is 103 cm³/mol. The van der Waals surface area contributed by atoms with Crippen molar-refractivity contribution in [2.24, 2.45) is 11.8 Å². The fourth-order valence-electron chi connectivity index (χ4n) is 5.46. The summed E-state index contributed by atoms with van der Waals surface area (Å²) in [7, 11) is 2.39. The Morgan fingerprint density at radius 2 is 1.58 bits per heavy atom. The topological polar surface area (TPSA) is 6.48 Å². The molecule has 0 amide bonds. The van der Waals surface area contributed by atoms with Crippen LogP contribution in [0.2, 0.25) is 0 Å². The van der Waals surface area contributed by atoms with Gasteiger partial charge in [-0.3, -0.25) is 9.80 Å². The maximum absolute atomic E-state index is 2.72. The molecule has 1 aromatic carbocycles. The molecule has 134 valence electrons. The molecule has 2 aliphatic rings. The monoisotopic (exact) mass is 328 g/mol. The van der Waals surface area contributed by atoms with Crippen molar-refractivity contribution in [3.63, 3.8) is 0 Å². The maximum atomic E-state index is 2.72. The van der Waals surface area contributed by atoms with Gasteiger partial charge in [0.25, 0.3) is 0 Å². The van der Waals surface area contributed by atoms with Gasteiger partial charge in [0, 0.05) is 5.54 Å². The van der Waals surface area contributed by atoms with Crippen molar-refractivity contribution in [2.75, 3.05) is 20.1 Å². The van der Waals surface area contributed by atoms with E-state index < -0.39 is 0 Å². The van der Waals surface area contributed by atoms with E-state index in [9.17, 15) is 0 Å². The minimum Gasteiger partial charge on any atom is -0.288 e. The highest BCUT2D eigenvalue weighted by Crippen LogP contribution is 2.47. The van der Waals surface area contributed by atoms with Crippen molar-refractivity contribution in [3.05, 3.63) is 35.9 Å².